The highest BCUT2D eigenvalue weighted by Crippen LogP contribution is 2.31. The summed E-state index contributed by atoms with van der Waals surface area (Å²) in [6, 6.07) is 14.8. The number of hydrogen-bond acceptors (Lipinski definition) is 5. The van der Waals surface area contributed by atoms with E-state index in [4.69, 9.17) is 16.6 Å². The molecular weight excluding hydrogens is 472 g/mol. The van der Waals surface area contributed by atoms with Gasteiger partial charge in [-0.05, 0) is 67.3 Å². The van der Waals surface area contributed by atoms with Crippen molar-refractivity contribution in [1.29, 1.82) is 0 Å². The Morgan fingerprint density at radius 2 is 1.79 bits per heavy atom. The molecule has 4 nitrogen and oxygen atoms in total. The normalized spacial score (nSPS) is 11.3. The molecule has 0 atom stereocenters. The smallest absolute Gasteiger partial charge is 0.267 e. The Hall–Kier alpha value is -2.41. The van der Waals surface area contributed by atoms with Crippen molar-refractivity contribution >= 4 is 50.7 Å². The Labute approximate surface area is 206 Å². The summed E-state index contributed by atoms with van der Waals surface area (Å²) < 4.78 is 1.65. The first-order valence-electron chi connectivity index (χ1n) is 11.0. The van der Waals surface area contributed by atoms with Gasteiger partial charge in [0, 0.05) is 15.5 Å². The van der Waals surface area contributed by atoms with E-state index < -0.39 is 0 Å². The standard InChI is InChI=1S/C26H25ClN2O2S2/c1-4-6-22-16(3)23-24(33-22)28-26(32-15-21(30)18-9-11-19(27)12-10-18)29(25(23)31)20-13-7-17(5-2)8-14-20/h7-14H,4-6,15H2,1-3H3. The Kier molecular flexibility index (Phi) is 7.37. The maximum Gasteiger partial charge on any atom is 0.267 e. The van der Waals surface area contributed by atoms with E-state index in [9.17, 15) is 9.59 Å². The molecule has 0 N–H and O–H groups in total. The maximum atomic E-state index is 13.7. The average molecular weight is 497 g/mol. The zero-order valence-corrected chi connectivity index (χ0v) is 21.2. The highest BCUT2D eigenvalue weighted by atomic mass is 35.5. The summed E-state index contributed by atoms with van der Waals surface area (Å²) >= 11 is 8.82. The molecule has 0 unspecified atom stereocenters. The third kappa shape index (κ3) is 4.93. The minimum absolute atomic E-state index is 0.0343. The van der Waals surface area contributed by atoms with Crippen molar-refractivity contribution in [3.8, 4) is 5.69 Å². The van der Waals surface area contributed by atoms with Gasteiger partial charge in [-0.1, -0.05) is 55.8 Å². The number of carbonyl (C=O) groups excluding carboxylic acids is 1. The molecule has 0 saturated carbocycles. The molecule has 2 aromatic carbocycles. The van der Waals surface area contributed by atoms with E-state index in [2.05, 4.69) is 13.8 Å². The molecule has 2 aromatic heterocycles. The minimum Gasteiger partial charge on any atom is -0.293 e. The molecule has 4 rings (SSSR count). The first-order valence-corrected chi connectivity index (χ1v) is 13.2. The number of ketones is 1. The molecule has 0 aliphatic rings. The fraction of sp³-hybridized carbons (Fsp3) is 0.269. The second kappa shape index (κ2) is 10.2. The van der Waals surface area contributed by atoms with E-state index in [0.717, 1.165) is 35.3 Å². The summed E-state index contributed by atoms with van der Waals surface area (Å²) in [5.74, 6) is 0.145. The number of hydrogen-bond donors (Lipinski definition) is 0. The van der Waals surface area contributed by atoms with Crippen LogP contribution in [0.1, 0.15) is 46.6 Å². The highest BCUT2D eigenvalue weighted by molar-refractivity contribution is 7.99. The van der Waals surface area contributed by atoms with Crippen molar-refractivity contribution in [2.45, 2.75) is 45.2 Å². The average Bonchev–Trinajstić information content (AvgIpc) is 3.13. The van der Waals surface area contributed by atoms with Gasteiger partial charge in [0.1, 0.15) is 4.83 Å². The van der Waals surface area contributed by atoms with Gasteiger partial charge in [-0.2, -0.15) is 0 Å². The Morgan fingerprint density at radius 3 is 2.42 bits per heavy atom. The minimum atomic E-state index is -0.0817. The molecule has 0 radical (unpaired) electrons. The number of benzene rings is 2. The number of thioether (sulfide) groups is 1. The number of carbonyl (C=O) groups is 1. The van der Waals surface area contributed by atoms with Crippen LogP contribution in [0.25, 0.3) is 15.9 Å². The van der Waals surface area contributed by atoms with Gasteiger partial charge in [-0.15, -0.1) is 11.3 Å². The Balaban J connectivity index is 1.79. The van der Waals surface area contributed by atoms with E-state index >= 15 is 0 Å². The highest BCUT2D eigenvalue weighted by Gasteiger charge is 2.20. The van der Waals surface area contributed by atoms with Crippen molar-refractivity contribution in [1.82, 2.24) is 9.55 Å². The summed E-state index contributed by atoms with van der Waals surface area (Å²) in [6.07, 6.45) is 2.86. The van der Waals surface area contributed by atoms with Gasteiger partial charge in [0.25, 0.3) is 5.56 Å². The van der Waals surface area contributed by atoms with Crippen LogP contribution in [0.3, 0.4) is 0 Å². The molecule has 0 fully saturated rings. The molecule has 0 saturated heterocycles. The SMILES string of the molecule is CCCc1sc2nc(SCC(=O)c3ccc(Cl)cc3)n(-c3ccc(CC)cc3)c(=O)c2c1C. The number of halogens is 1. The van der Waals surface area contributed by atoms with Gasteiger partial charge in [0.2, 0.25) is 0 Å². The van der Waals surface area contributed by atoms with Gasteiger partial charge in [0.15, 0.2) is 10.9 Å². The van der Waals surface area contributed by atoms with Crippen LogP contribution in [0, 0.1) is 6.92 Å². The molecule has 0 amide bonds. The van der Waals surface area contributed by atoms with Crippen molar-refractivity contribution < 1.29 is 4.79 Å². The number of aryl methyl sites for hydroxylation is 3. The molecule has 0 aliphatic heterocycles. The van der Waals surface area contributed by atoms with Crippen molar-refractivity contribution in [3.63, 3.8) is 0 Å². The zero-order valence-electron chi connectivity index (χ0n) is 18.9. The summed E-state index contributed by atoms with van der Waals surface area (Å²) in [5.41, 5.74) is 3.48. The van der Waals surface area contributed by atoms with Crippen molar-refractivity contribution in [2.75, 3.05) is 5.75 Å². The van der Waals surface area contributed by atoms with Crippen LogP contribution in [-0.2, 0) is 12.8 Å². The summed E-state index contributed by atoms with van der Waals surface area (Å²) in [6.45, 7) is 6.24. The number of fused-ring (bicyclic) bond motifs is 1. The lowest BCUT2D eigenvalue weighted by Gasteiger charge is -2.13. The van der Waals surface area contributed by atoms with Gasteiger partial charge < -0.3 is 0 Å². The molecule has 7 heteroatoms. The summed E-state index contributed by atoms with van der Waals surface area (Å²) in [7, 11) is 0. The Bertz CT molecular complexity index is 1360. The first-order chi connectivity index (χ1) is 15.9. The topological polar surface area (TPSA) is 52.0 Å². The lowest BCUT2D eigenvalue weighted by molar-refractivity contribution is 0.102. The van der Waals surface area contributed by atoms with Crippen molar-refractivity contribution in [3.05, 3.63) is 85.5 Å². The van der Waals surface area contributed by atoms with Gasteiger partial charge in [-0.3, -0.25) is 14.2 Å². The molecular formula is C26H25ClN2O2S2. The van der Waals surface area contributed by atoms with Crippen LogP contribution in [0.15, 0.2) is 58.5 Å². The molecule has 4 aromatic rings. The third-order valence-corrected chi connectivity index (χ3v) is 8.05. The van der Waals surface area contributed by atoms with E-state index in [1.807, 2.05) is 31.2 Å². The second-order valence-electron chi connectivity index (χ2n) is 7.85. The quantitative estimate of drug-likeness (QED) is 0.151. The molecule has 170 valence electrons. The fourth-order valence-corrected chi connectivity index (χ4v) is 6.08. The maximum absolute atomic E-state index is 13.7. The number of Topliss-reactive ketones (excluding diaryl/α,β-unsaturated/α-hetero) is 1. The summed E-state index contributed by atoms with van der Waals surface area (Å²) in [5, 5.41) is 1.80. The molecule has 0 aliphatic carbocycles. The van der Waals surface area contributed by atoms with Crippen LogP contribution >= 0.6 is 34.7 Å². The van der Waals surface area contributed by atoms with E-state index in [0.29, 0.717) is 21.1 Å². The molecule has 0 bridgehead atoms. The van der Waals surface area contributed by atoms with E-state index in [-0.39, 0.29) is 17.1 Å². The number of thiophene rings is 1. The van der Waals surface area contributed by atoms with E-state index in [1.165, 1.54) is 22.2 Å². The van der Waals surface area contributed by atoms with Gasteiger partial charge in [-0.25, -0.2) is 4.98 Å². The second-order valence-corrected chi connectivity index (χ2v) is 10.3. The molecule has 0 spiro atoms. The first kappa shape index (κ1) is 23.7. The molecule has 33 heavy (non-hydrogen) atoms. The lowest BCUT2D eigenvalue weighted by atomic mass is 10.1. The monoisotopic (exact) mass is 496 g/mol. The van der Waals surface area contributed by atoms with E-state index in [1.54, 1.807) is 40.2 Å². The van der Waals surface area contributed by atoms with Gasteiger partial charge in [0.05, 0.1) is 16.8 Å². The van der Waals surface area contributed by atoms with Crippen LogP contribution in [-0.4, -0.2) is 21.1 Å². The van der Waals surface area contributed by atoms with Crippen molar-refractivity contribution in [2.24, 2.45) is 0 Å². The Morgan fingerprint density at radius 1 is 1.09 bits per heavy atom. The van der Waals surface area contributed by atoms with Crippen LogP contribution in [0.5, 0.6) is 0 Å². The number of nitrogens with zero attached hydrogens (tertiary/aromatic N) is 2. The van der Waals surface area contributed by atoms with Crippen LogP contribution < -0.4 is 5.56 Å². The zero-order chi connectivity index (χ0) is 23.5. The number of rotatable bonds is 8. The predicted octanol–water partition coefficient (Wildman–Crippen LogP) is 6.90. The lowest BCUT2D eigenvalue weighted by Crippen LogP contribution is -2.22. The summed E-state index contributed by atoms with van der Waals surface area (Å²) in [4.78, 5) is 33.3. The fourth-order valence-electron chi connectivity index (χ4n) is 3.73. The predicted molar refractivity (Wildman–Crippen MR) is 140 cm³/mol. The largest absolute Gasteiger partial charge is 0.293 e. The third-order valence-electron chi connectivity index (χ3n) is 5.61. The van der Waals surface area contributed by atoms with Crippen LogP contribution in [0.4, 0.5) is 0 Å². The van der Waals surface area contributed by atoms with Crippen LogP contribution in [0.2, 0.25) is 5.02 Å². The van der Waals surface area contributed by atoms with Gasteiger partial charge >= 0.3 is 0 Å². The number of aromatic nitrogens is 2. The molecule has 2 heterocycles.